The largest absolute Gasteiger partial charge is 0.508 e. The van der Waals surface area contributed by atoms with Gasteiger partial charge in [-0.05, 0) is 19.1 Å². The first-order valence-electron chi connectivity index (χ1n) is 6.73. The highest BCUT2D eigenvalue weighted by Gasteiger charge is 2.19. The molecule has 1 aromatic carbocycles. The number of benzene rings is 1. The number of aromatic hydroxyl groups is 1. The zero-order valence-corrected chi connectivity index (χ0v) is 11.3. The molecule has 1 heterocycles. The molecule has 0 aromatic heterocycles. The van der Waals surface area contributed by atoms with E-state index in [2.05, 4.69) is 10.2 Å². The second-order valence-corrected chi connectivity index (χ2v) is 4.68. The van der Waals surface area contributed by atoms with E-state index in [9.17, 15) is 9.90 Å². The van der Waals surface area contributed by atoms with Crippen LogP contribution in [0.4, 0.5) is 5.69 Å². The van der Waals surface area contributed by atoms with Crippen molar-refractivity contribution >= 4 is 11.6 Å². The monoisotopic (exact) mass is 263 g/mol. The van der Waals surface area contributed by atoms with Crippen LogP contribution < -0.4 is 10.2 Å². The van der Waals surface area contributed by atoms with E-state index in [1.807, 2.05) is 13.0 Å². The molecule has 2 rings (SSSR count). The fourth-order valence-electron chi connectivity index (χ4n) is 2.31. The molecule has 0 atom stereocenters. The number of likely N-dealkylation sites (N-methyl/N-ethyl adjacent to an activating group) is 1. The van der Waals surface area contributed by atoms with Crippen LogP contribution >= 0.6 is 0 Å². The minimum absolute atomic E-state index is 0.0787. The van der Waals surface area contributed by atoms with Crippen LogP contribution in [0.15, 0.2) is 24.3 Å². The van der Waals surface area contributed by atoms with Gasteiger partial charge in [0.25, 0.3) is 0 Å². The molecule has 19 heavy (non-hydrogen) atoms. The van der Waals surface area contributed by atoms with Gasteiger partial charge in [0.05, 0.1) is 6.54 Å². The summed E-state index contributed by atoms with van der Waals surface area (Å²) in [6.07, 6.45) is 0. The van der Waals surface area contributed by atoms with Gasteiger partial charge in [0.1, 0.15) is 5.75 Å². The van der Waals surface area contributed by atoms with Crippen molar-refractivity contribution in [3.63, 3.8) is 0 Å². The van der Waals surface area contributed by atoms with Crippen molar-refractivity contribution in [2.45, 2.75) is 6.92 Å². The Kier molecular flexibility index (Phi) is 4.76. The van der Waals surface area contributed by atoms with E-state index >= 15 is 0 Å². The molecule has 0 aliphatic carbocycles. The first-order chi connectivity index (χ1) is 9.20. The number of hydrogen-bond acceptors (Lipinski definition) is 4. The van der Waals surface area contributed by atoms with Crippen molar-refractivity contribution in [3.05, 3.63) is 24.3 Å². The van der Waals surface area contributed by atoms with Crippen molar-refractivity contribution in [2.24, 2.45) is 0 Å². The maximum Gasteiger partial charge on any atom is 0.241 e. The van der Waals surface area contributed by atoms with Gasteiger partial charge in [0.2, 0.25) is 5.91 Å². The van der Waals surface area contributed by atoms with Gasteiger partial charge in [-0.3, -0.25) is 9.69 Å². The molecule has 104 valence electrons. The molecule has 0 saturated carbocycles. The van der Waals surface area contributed by atoms with Crippen molar-refractivity contribution in [1.29, 1.82) is 0 Å². The van der Waals surface area contributed by atoms with E-state index < -0.39 is 0 Å². The third kappa shape index (κ3) is 3.68. The Bertz CT molecular complexity index is 430. The molecule has 1 aromatic rings. The maximum absolute atomic E-state index is 12.3. The van der Waals surface area contributed by atoms with Gasteiger partial charge in [-0.2, -0.15) is 0 Å². The van der Waals surface area contributed by atoms with Crippen molar-refractivity contribution in [1.82, 2.24) is 10.2 Å². The number of phenolic OH excluding ortho intramolecular Hbond substituents is 1. The zero-order chi connectivity index (χ0) is 13.7. The molecule has 1 fully saturated rings. The first-order valence-corrected chi connectivity index (χ1v) is 6.73. The van der Waals surface area contributed by atoms with Gasteiger partial charge < -0.3 is 15.3 Å². The van der Waals surface area contributed by atoms with Crippen LogP contribution in [0.25, 0.3) is 0 Å². The van der Waals surface area contributed by atoms with Crippen LogP contribution in [-0.2, 0) is 4.79 Å². The van der Waals surface area contributed by atoms with Gasteiger partial charge >= 0.3 is 0 Å². The molecule has 5 nitrogen and oxygen atoms in total. The fourth-order valence-corrected chi connectivity index (χ4v) is 2.31. The lowest BCUT2D eigenvalue weighted by atomic mass is 10.2. The average molecular weight is 263 g/mol. The number of anilines is 1. The summed E-state index contributed by atoms with van der Waals surface area (Å²) in [4.78, 5) is 16.2. The van der Waals surface area contributed by atoms with E-state index in [1.54, 1.807) is 23.1 Å². The van der Waals surface area contributed by atoms with E-state index in [1.165, 1.54) is 0 Å². The van der Waals surface area contributed by atoms with Crippen LogP contribution in [-0.4, -0.2) is 55.2 Å². The lowest BCUT2D eigenvalue weighted by Crippen LogP contribution is -2.48. The van der Waals surface area contributed by atoms with Crippen molar-refractivity contribution in [2.75, 3.05) is 44.2 Å². The van der Waals surface area contributed by atoms with Crippen molar-refractivity contribution < 1.29 is 9.90 Å². The predicted octanol–water partition coefficient (Wildman–Crippen LogP) is 0.650. The van der Waals surface area contributed by atoms with Crippen LogP contribution in [0, 0.1) is 0 Å². The Balaban J connectivity index is 2.02. The third-order valence-corrected chi connectivity index (χ3v) is 3.33. The lowest BCUT2D eigenvalue weighted by molar-refractivity contribution is -0.119. The SMILES string of the molecule is CCN(C(=O)CN1CCNCC1)c1cccc(O)c1. The Labute approximate surface area is 113 Å². The number of piperazine rings is 1. The van der Waals surface area contributed by atoms with Crippen LogP contribution in [0.5, 0.6) is 5.75 Å². The third-order valence-electron chi connectivity index (χ3n) is 3.33. The zero-order valence-electron chi connectivity index (χ0n) is 11.3. The molecule has 1 aliphatic heterocycles. The summed E-state index contributed by atoms with van der Waals surface area (Å²) in [6.45, 7) is 6.67. The lowest BCUT2D eigenvalue weighted by Gasteiger charge is -2.29. The first kappa shape index (κ1) is 13.8. The molecular formula is C14H21N3O2. The van der Waals surface area contributed by atoms with Crippen molar-refractivity contribution in [3.8, 4) is 5.75 Å². The molecular weight excluding hydrogens is 242 g/mol. The number of phenols is 1. The Morgan fingerprint density at radius 1 is 1.42 bits per heavy atom. The fraction of sp³-hybridized carbons (Fsp3) is 0.500. The van der Waals surface area contributed by atoms with E-state index in [0.717, 1.165) is 31.9 Å². The van der Waals surface area contributed by atoms with Gasteiger partial charge in [-0.25, -0.2) is 0 Å². The standard InChI is InChI=1S/C14H21N3O2/c1-2-17(12-4-3-5-13(18)10-12)14(19)11-16-8-6-15-7-9-16/h3-5,10,15,18H,2,6-9,11H2,1H3. The molecule has 0 spiro atoms. The van der Waals surface area contributed by atoms with E-state index in [-0.39, 0.29) is 11.7 Å². The van der Waals surface area contributed by atoms with Crippen LogP contribution in [0.1, 0.15) is 6.92 Å². The topological polar surface area (TPSA) is 55.8 Å². The summed E-state index contributed by atoms with van der Waals surface area (Å²) in [5.74, 6) is 0.265. The molecule has 1 amide bonds. The molecule has 1 saturated heterocycles. The van der Waals surface area contributed by atoms with E-state index in [4.69, 9.17) is 0 Å². The van der Waals surface area contributed by atoms with E-state index in [0.29, 0.717) is 13.1 Å². The Hall–Kier alpha value is -1.59. The molecule has 5 heteroatoms. The summed E-state index contributed by atoms with van der Waals surface area (Å²) in [5.41, 5.74) is 0.752. The molecule has 1 aliphatic rings. The second kappa shape index (κ2) is 6.54. The summed E-state index contributed by atoms with van der Waals surface area (Å²) >= 11 is 0. The smallest absolute Gasteiger partial charge is 0.241 e. The minimum atomic E-state index is 0.0787. The predicted molar refractivity (Wildman–Crippen MR) is 75.4 cm³/mol. The number of amides is 1. The summed E-state index contributed by atoms with van der Waals surface area (Å²) < 4.78 is 0. The van der Waals surface area contributed by atoms with Gasteiger partial charge in [0, 0.05) is 44.5 Å². The molecule has 0 bridgehead atoms. The number of nitrogens with zero attached hydrogens (tertiary/aromatic N) is 2. The van der Waals surface area contributed by atoms with Crippen LogP contribution in [0.2, 0.25) is 0 Å². The van der Waals surface area contributed by atoms with Gasteiger partial charge in [-0.1, -0.05) is 6.07 Å². The number of carbonyl (C=O) groups excluding carboxylic acids is 1. The van der Waals surface area contributed by atoms with Crippen LogP contribution in [0.3, 0.4) is 0 Å². The highest BCUT2D eigenvalue weighted by atomic mass is 16.3. The summed E-state index contributed by atoms with van der Waals surface area (Å²) in [6, 6.07) is 6.83. The minimum Gasteiger partial charge on any atom is -0.508 e. The molecule has 0 unspecified atom stereocenters. The maximum atomic E-state index is 12.3. The normalized spacial score (nSPS) is 16.3. The number of carbonyl (C=O) groups is 1. The molecule has 0 radical (unpaired) electrons. The Morgan fingerprint density at radius 3 is 2.79 bits per heavy atom. The summed E-state index contributed by atoms with van der Waals surface area (Å²) in [5, 5.41) is 12.8. The highest BCUT2D eigenvalue weighted by Crippen LogP contribution is 2.20. The Morgan fingerprint density at radius 2 is 2.16 bits per heavy atom. The number of rotatable bonds is 4. The molecule has 2 N–H and O–H groups in total. The second-order valence-electron chi connectivity index (χ2n) is 4.68. The van der Waals surface area contributed by atoms with Gasteiger partial charge in [0.15, 0.2) is 0 Å². The van der Waals surface area contributed by atoms with Gasteiger partial charge in [-0.15, -0.1) is 0 Å². The highest BCUT2D eigenvalue weighted by molar-refractivity contribution is 5.94. The quantitative estimate of drug-likeness (QED) is 0.837. The summed E-state index contributed by atoms with van der Waals surface area (Å²) in [7, 11) is 0. The number of nitrogens with one attached hydrogen (secondary N) is 1. The average Bonchev–Trinajstić information content (AvgIpc) is 2.41. The number of hydrogen-bond donors (Lipinski definition) is 2.